The van der Waals surface area contributed by atoms with E-state index in [-0.39, 0.29) is 18.0 Å². The first-order chi connectivity index (χ1) is 16.1. The Bertz CT molecular complexity index is 984. The van der Waals surface area contributed by atoms with Gasteiger partial charge in [-0.1, -0.05) is 12.8 Å². The normalized spacial score (nSPS) is 17.0. The van der Waals surface area contributed by atoms with Crippen LogP contribution in [-0.4, -0.2) is 57.0 Å². The molecule has 1 fully saturated rings. The number of carboxylic acids is 1. The van der Waals surface area contributed by atoms with Gasteiger partial charge < -0.3 is 20.4 Å². The molecular weight excluding hydrogens is 449 g/mol. The third kappa shape index (κ3) is 7.31. The SMILES string of the molecule is Cc1cc(N[C@@H]2CCCN(CCCCCCC(=O)O)C2)nnc1-c1ccc(C(F)(F)F)cc1O. The number of alkyl halides is 3. The van der Waals surface area contributed by atoms with Gasteiger partial charge in [-0.25, -0.2) is 0 Å². The number of hydrogen-bond donors (Lipinski definition) is 3. The average Bonchev–Trinajstić information content (AvgIpc) is 2.76. The Labute approximate surface area is 197 Å². The minimum Gasteiger partial charge on any atom is -0.507 e. The average molecular weight is 481 g/mol. The van der Waals surface area contributed by atoms with Crippen molar-refractivity contribution < 1.29 is 28.2 Å². The first kappa shape index (κ1) is 25.7. The Kier molecular flexibility index (Phi) is 8.71. The molecule has 2 heterocycles. The molecule has 1 aliphatic heterocycles. The zero-order chi connectivity index (χ0) is 24.7. The minimum atomic E-state index is -4.53. The van der Waals surface area contributed by atoms with E-state index in [9.17, 15) is 23.1 Å². The highest BCUT2D eigenvalue weighted by Crippen LogP contribution is 2.36. The zero-order valence-corrected chi connectivity index (χ0v) is 19.2. The van der Waals surface area contributed by atoms with Crippen LogP contribution in [0, 0.1) is 6.92 Å². The molecule has 2 aromatic rings. The van der Waals surface area contributed by atoms with E-state index < -0.39 is 23.5 Å². The molecule has 1 aromatic heterocycles. The fraction of sp³-hybridized carbons (Fsp3) is 0.542. The van der Waals surface area contributed by atoms with Gasteiger partial charge in [0.1, 0.15) is 11.6 Å². The number of nitrogens with zero attached hydrogens (tertiary/aromatic N) is 3. The number of aliphatic carboxylic acids is 1. The molecule has 3 rings (SSSR count). The fourth-order valence-corrected chi connectivity index (χ4v) is 4.28. The molecule has 34 heavy (non-hydrogen) atoms. The molecule has 0 saturated carbocycles. The number of unbranched alkanes of at least 4 members (excludes halogenated alkanes) is 3. The van der Waals surface area contributed by atoms with Gasteiger partial charge in [0.15, 0.2) is 0 Å². The molecular formula is C24H31F3N4O3. The van der Waals surface area contributed by atoms with E-state index in [4.69, 9.17) is 5.11 Å². The summed E-state index contributed by atoms with van der Waals surface area (Å²) in [7, 11) is 0. The van der Waals surface area contributed by atoms with Crippen LogP contribution < -0.4 is 5.32 Å². The lowest BCUT2D eigenvalue weighted by molar-refractivity contribution is -0.138. The van der Waals surface area contributed by atoms with E-state index in [0.29, 0.717) is 23.1 Å². The largest absolute Gasteiger partial charge is 0.507 e. The number of halogens is 3. The lowest BCUT2D eigenvalue weighted by Gasteiger charge is -2.33. The van der Waals surface area contributed by atoms with Crippen LogP contribution in [0.3, 0.4) is 0 Å². The Hall–Kier alpha value is -2.88. The van der Waals surface area contributed by atoms with Crippen LogP contribution >= 0.6 is 0 Å². The summed E-state index contributed by atoms with van der Waals surface area (Å²) in [5.74, 6) is -0.639. The number of carboxylic acid groups (broad SMARTS) is 1. The van der Waals surface area contributed by atoms with Crippen molar-refractivity contribution in [3.63, 3.8) is 0 Å². The highest BCUT2D eigenvalue weighted by molar-refractivity contribution is 5.70. The number of anilines is 1. The van der Waals surface area contributed by atoms with Gasteiger partial charge in [-0.05, 0) is 75.5 Å². The second-order valence-electron chi connectivity index (χ2n) is 8.83. The number of phenolic OH excluding ortho intramolecular Hbond substituents is 1. The van der Waals surface area contributed by atoms with Crippen LogP contribution in [0.5, 0.6) is 5.75 Å². The molecule has 0 bridgehead atoms. The molecule has 10 heteroatoms. The van der Waals surface area contributed by atoms with Crippen LogP contribution in [0.1, 0.15) is 56.1 Å². The lowest BCUT2D eigenvalue weighted by Crippen LogP contribution is -2.42. The molecule has 0 unspecified atom stereocenters. The Balaban J connectivity index is 1.54. The molecule has 0 radical (unpaired) electrons. The summed E-state index contributed by atoms with van der Waals surface area (Å²) in [6.45, 7) is 4.66. The Morgan fingerprint density at radius 1 is 1.18 bits per heavy atom. The van der Waals surface area contributed by atoms with Gasteiger partial charge in [-0.3, -0.25) is 4.79 Å². The van der Waals surface area contributed by atoms with Crippen molar-refractivity contribution in [3.05, 3.63) is 35.4 Å². The summed E-state index contributed by atoms with van der Waals surface area (Å²) in [5.41, 5.74) is 0.322. The summed E-state index contributed by atoms with van der Waals surface area (Å²) in [5, 5.41) is 30.6. The van der Waals surface area contributed by atoms with Crippen LogP contribution in [0.2, 0.25) is 0 Å². The molecule has 3 N–H and O–H groups in total. The molecule has 186 valence electrons. The Morgan fingerprint density at radius 2 is 1.94 bits per heavy atom. The van der Waals surface area contributed by atoms with E-state index in [1.807, 2.05) is 0 Å². The first-order valence-electron chi connectivity index (χ1n) is 11.6. The summed E-state index contributed by atoms with van der Waals surface area (Å²) in [6, 6.07) is 4.83. The number of aromatic nitrogens is 2. The fourth-order valence-electron chi connectivity index (χ4n) is 4.28. The van der Waals surface area contributed by atoms with E-state index in [1.54, 1.807) is 13.0 Å². The monoisotopic (exact) mass is 480 g/mol. The Morgan fingerprint density at radius 3 is 2.62 bits per heavy atom. The van der Waals surface area contributed by atoms with Crippen LogP contribution in [0.15, 0.2) is 24.3 Å². The van der Waals surface area contributed by atoms with Gasteiger partial charge in [0.05, 0.1) is 11.3 Å². The third-order valence-electron chi connectivity index (χ3n) is 6.04. The van der Waals surface area contributed by atoms with E-state index in [2.05, 4.69) is 20.4 Å². The number of phenols is 1. The number of aryl methyl sites for hydroxylation is 1. The van der Waals surface area contributed by atoms with E-state index >= 15 is 0 Å². The van der Waals surface area contributed by atoms with Gasteiger partial charge in [0, 0.05) is 24.6 Å². The molecule has 0 aliphatic carbocycles. The maximum absolute atomic E-state index is 12.9. The lowest BCUT2D eigenvalue weighted by atomic mass is 10.0. The number of piperidine rings is 1. The van der Waals surface area contributed by atoms with Crippen molar-refractivity contribution in [1.29, 1.82) is 0 Å². The summed E-state index contributed by atoms with van der Waals surface area (Å²) < 4.78 is 38.6. The van der Waals surface area contributed by atoms with Crippen molar-refractivity contribution in [1.82, 2.24) is 15.1 Å². The van der Waals surface area contributed by atoms with Crippen molar-refractivity contribution in [2.24, 2.45) is 0 Å². The molecule has 7 nitrogen and oxygen atoms in total. The van der Waals surface area contributed by atoms with Gasteiger partial charge >= 0.3 is 12.1 Å². The predicted molar refractivity (Wildman–Crippen MR) is 123 cm³/mol. The standard InChI is InChI=1S/C24H31F3N4O3/c1-16-13-21(29-30-23(16)19-10-9-17(14-20(19)32)24(25,26)27)28-18-7-6-12-31(15-18)11-5-3-2-4-8-22(33)34/h9-10,13-14,18,32H,2-8,11-12,15H2,1H3,(H,28,29)(H,33,34)/t18-/m1/s1. The van der Waals surface area contributed by atoms with Gasteiger partial charge in [0.2, 0.25) is 0 Å². The number of likely N-dealkylation sites (tertiary alicyclic amines) is 1. The summed E-state index contributed by atoms with van der Waals surface area (Å²) in [4.78, 5) is 13.0. The topological polar surface area (TPSA) is 98.6 Å². The molecule has 1 aliphatic rings. The number of nitrogens with one attached hydrogen (secondary N) is 1. The highest BCUT2D eigenvalue weighted by atomic mass is 19.4. The van der Waals surface area contributed by atoms with Crippen LogP contribution in [-0.2, 0) is 11.0 Å². The number of rotatable bonds is 10. The molecule has 0 spiro atoms. The van der Waals surface area contributed by atoms with E-state index in [0.717, 1.165) is 64.2 Å². The number of hydrogen-bond acceptors (Lipinski definition) is 6. The maximum atomic E-state index is 12.9. The number of aromatic hydroxyl groups is 1. The molecule has 1 saturated heterocycles. The second kappa shape index (κ2) is 11.5. The summed E-state index contributed by atoms with van der Waals surface area (Å²) >= 11 is 0. The molecule has 0 amide bonds. The quantitative estimate of drug-likeness (QED) is 0.408. The smallest absolute Gasteiger partial charge is 0.416 e. The third-order valence-corrected chi connectivity index (χ3v) is 6.04. The van der Waals surface area contributed by atoms with Crippen molar-refractivity contribution in [3.8, 4) is 17.0 Å². The number of carbonyl (C=O) groups is 1. The van der Waals surface area contributed by atoms with E-state index in [1.165, 1.54) is 6.07 Å². The second-order valence-corrected chi connectivity index (χ2v) is 8.83. The van der Waals surface area contributed by atoms with Crippen molar-refractivity contribution in [2.75, 3.05) is 25.0 Å². The van der Waals surface area contributed by atoms with Gasteiger partial charge in [-0.15, -0.1) is 10.2 Å². The maximum Gasteiger partial charge on any atom is 0.416 e. The molecule has 1 aromatic carbocycles. The predicted octanol–water partition coefficient (Wildman–Crippen LogP) is 5.09. The number of benzene rings is 1. The molecule has 1 atom stereocenters. The minimum absolute atomic E-state index is 0.205. The van der Waals surface area contributed by atoms with Crippen molar-refractivity contribution in [2.45, 2.75) is 64.1 Å². The zero-order valence-electron chi connectivity index (χ0n) is 19.2. The van der Waals surface area contributed by atoms with Crippen LogP contribution in [0.25, 0.3) is 11.3 Å². The van der Waals surface area contributed by atoms with Gasteiger partial charge in [0.25, 0.3) is 0 Å². The highest BCUT2D eigenvalue weighted by Gasteiger charge is 2.31. The van der Waals surface area contributed by atoms with Crippen molar-refractivity contribution >= 4 is 11.8 Å². The van der Waals surface area contributed by atoms with Gasteiger partial charge in [-0.2, -0.15) is 13.2 Å². The first-order valence-corrected chi connectivity index (χ1v) is 11.6. The summed E-state index contributed by atoms with van der Waals surface area (Å²) in [6.07, 6.45) is 1.46. The van der Waals surface area contributed by atoms with Crippen LogP contribution in [0.4, 0.5) is 19.0 Å².